The molecule has 1 aromatic carbocycles. The lowest BCUT2D eigenvalue weighted by molar-refractivity contribution is 0.0948. The van der Waals surface area contributed by atoms with Crippen LogP contribution in [0.25, 0.3) is 11.5 Å². The van der Waals surface area contributed by atoms with E-state index in [1.165, 1.54) is 0 Å². The number of amides is 1. The summed E-state index contributed by atoms with van der Waals surface area (Å²) >= 11 is 3.40. The Labute approximate surface area is 147 Å². The van der Waals surface area contributed by atoms with E-state index in [-0.39, 0.29) is 12.5 Å². The Bertz CT molecular complexity index is 871. The largest absolute Gasteiger partial charge is 0.344 e. The predicted molar refractivity (Wildman–Crippen MR) is 91.2 cm³/mol. The summed E-state index contributed by atoms with van der Waals surface area (Å²) in [4.78, 5) is 16.6. The van der Waals surface area contributed by atoms with Crippen LogP contribution in [0, 0.1) is 0 Å². The molecule has 8 heteroatoms. The van der Waals surface area contributed by atoms with Crippen LogP contribution in [0.5, 0.6) is 0 Å². The Kier molecular flexibility index (Phi) is 4.75. The second kappa shape index (κ2) is 6.96. The van der Waals surface area contributed by atoms with Gasteiger partial charge in [-0.15, -0.1) is 0 Å². The van der Waals surface area contributed by atoms with E-state index < -0.39 is 0 Å². The zero-order valence-electron chi connectivity index (χ0n) is 13.3. The van der Waals surface area contributed by atoms with E-state index in [1.807, 2.05) is 31.2 Å². The first kappa shape index (κ1) is 16.4. The van der Waals surface area contributed by atoms with Gasteiger partial charge in [-0.1, -0.05) is 34.1 Å². The highest BCUT2D eigenvalue weighted by atomic mass is 79.9. The van der Waals surface area contributed by atoms with Crippen LogP contribution in [0.4, 0.5) is 0 Å². The minimum absolute atomic E-state index is 0.189. The fraction of sp³-hybridized carbons (Fsp3) is 0.250. The number of nitrogens with zero attached hydrogens (tertiary/aromatic N) is 4. The Hall–Kier alpha value is -2.48. The van der Waals surface area contributed by atoms with Crippen molar-refractivity contribution in [2.75, 3.05) is 0 Å². The minimum atomic E-state index is -0.200. The van der Waals surface area contributed by atoms with Crippen molar-refractivity contribution >= 4 is 21.8 Å². The zero-order valence-corrected chi connectivity index (χ0v) is 14.9. The molecule has 2 heterocycles. The summed E-state index contributed by atoms with van der Waals surface area (Å²) in [6.45, 7) is 2.15. The van der Waals surface area contributed by atoms with Gasteiger partial charge in [0.15, 0.2) is 5.82 Å². The van der Waals surface area contributed by atoms with Crippen LogP contribution < -0.4 is 5.32 Å². The molecule has 124 valence electrons. The summed E-state index contributed by atoms with van der Waals surface area (Å²) < 4.78 is 7.80. The van der Waals surface area contributed by atoms with E-state index in [4.69, 9.17) is 4.52 Å². The molecule has 0 bridgehead atoms. The number of aryl methyl sites for hydroxylation is 2. The van der Waals surface area contributed by atoms with Gasteiger partial charge in [0.1, 0.15) is 0 Å². The maximum atomic E-state index is 12.3. The van der Waals surface area contributed by atoms with Crippen LogP contribution in [-0.2, 0) is 20.0 Å². The van der Waals surface area contributed by atoms with Crippen LogP contribution in [-0.4, -0.2) is 25.8 Å². The van der Waals surface area contributed by atoms with Crippen molar-refractivity contribution in [2.45, 2.75) is 19.9 Å². The third-order valence-corrected chi connectivity index (χ3v) is 3.92. The summed E-state index contributed by atoms with van der Waals surface area (Å²) in [6.07, 6.45) is 2.40. The summed E-state index contributed by atoms with van der Waals surface area (Å²) in [6, 6.07) is 7.57. The molecule has 3 rings (SSSR count). The quantitative estimate of drug-likeness (QED) is 0.724. The monoisotopic (exact) mass is 389 g/mol. The molecule has 0 aliphatic rings. The maximum absolute atomic E-state index is 12.3. The molecule has 0 aliphatic heterocycles. The molecule has 1 N–H and O–H groups in total. The lowest BCUT2D eigenvalue weighted by Gasteiger charge is -2.01. The number of aromatic nitrogens is 4. The fourth-order valence-electron chi connectivity index (χ4n) is 2.30. The average molecular weight is 390 g/mol. The van der Waals surface area contributed by atoms with Gasteiger partial charge in [0.05, 0.1) is 17.8 Å². The van der Waals surface area contributed by atoms with Gasteiger partial charge < -0.3 is 9.84 Å². The highest BCUT2D eigenvalue weighted by molar-refractivity contribution is 9.10. The zero-order chi connectivity index (χ0) is 17.1. The van der Waals surface area contributed by atoms with Gasteiger partial charge in [-0.2, -0.15) is 10.1 Å². The number of carbonyl (C=O) groups is 1. The Morgan fingerprint density at radius 1 is 1.42 bits per heavy atom. The predicted octanol–water partition coefficient (Wildman–Crippen LogP) is 2.73. The highest BCUT2D eigenvalue weighted by Gasteiger charge is 2.15. The van der Waals surface area contributed by atoms with E-state index >= 15 is 0 Å². The first-order valence-electron chi connectivity index (χ1n) is 7.46. The molecule has 0 saturated carbocycles. The van der Waals surface area contributed by atoms with E-state index in [9.17, 15) is 4.79 Å². The van der Waals surface area contributed by atoms with Gasteiger partial charge in [-0.05, 0) is 24.6 Å². The number of halogens is 1. The molecular formula is C16H16BrN5O2. The van der Waals surface area contributed by atoms with Gasteiger partial charge >= 0.3 is 0 Å². The number of nitrogens with one attached hydrogen (secondary N) is 1. The summed E-state index contributed by atoms with van der Waals surface area (Å²) in [5.74, 6) is 0.630. The second-order valence-corrected chi connectivity index (χ2v) is 6.14. The first-order valence-corrected chi connectivity index (χ1v) is 8.25. The smallest absolute Gasteiger partial charge is 0.258 e. The molecule has 0 saturated heterocycles. The molecule has 1 amide bonds. The fourth-order valence-corrected chi connectivity index (χ4v) is 2.70. The van der Waals surface area contributed by atoms with Crippen LogP contribution in [0.3, 0.4) is 0 Å². The molecule has 24 heavy (non-hydrogen) atoms. The lowest BCUT2D eigenvalue weighted by atomic mass is 10.2. The number of carbonyl (C=O) groups excluding carboxylic acids is 1. The van der Waals surface area contributed by atoms with E-state index in [0.717, 1.165) is 15.7 Å². The minimum Gasteiger partial charge on any atom is -0.344 e. The number of hydrogen-bond donors (Lipinski definition) is 1. The number of benzene rings is 1. The molecule has 0 spiro atoms. The van der Waals surface area contributed by atoms with E-state index in [1.54, 1.807) is 17.9 Å². The van der Waals surface area contributed by atoms with Crippen LogP contribution >= 0.6 is 15.9 Å². The van der Waals surface area contributed by atoms with Crippen LogP contribution in [0.15, 0.2) is 39.5 Å². The van der Waals surface area contributed by atoms with Gasteiger partial charge in [0.2, 0.25) is 0 Å². The molecule has 0 fully saturated rings. The van der Waals surface area contributed by atoms with Gasteiger partial charge in [-0.3, -0.25) is 9.48 Å². The molecule has 7 nitrogen and oxygen atoms in total. The van der Waals surface area contributed by atoms with E-state index in [2.05, 4.69) is 36.5 Å². The van der Waals surface area contributed by atoms with Crippen molar-refractivity contribution in [2.24, 2.45) is 7.05 Å². The molecular weight excluding hydrogens is 374 g/mol. The third kappa shape index (κ3) is 3.53. The number of rotatable bonds is 5. The van der Waals surface area contributed by atoms with Crippen molar-refractivity contribution in [3.63, 3.8) is 0 Å². The standard InChI is InChI=1S/C16H16BrN5O2/c1-3-13-12(9-22(2)20-13)15(23)18-8-14-19-16(24-21-14)10-5-4-6-11(17)7-10/h4-7,9H,3,8H2,1-2H3,(H,18,23). The molecule has 0 unspecified atom stereocenters. The van der Waals surface area contributed by atoms with Gasteiger partial charge in [-0.25, -0.2) is 0 Å². The Morgan fingerprint density at radius 3 is 3.00 bits per heavy atom. The van der Waals surface area contributed by atoms with Gasteiger partial charge in [0.25, 0.3) is 11.8 Å². The van der Waals surface area contributed by atoms with Crippen molar-refractivity contribution in [3.8, 4) is 11.5 Å². The molecule has 0 atom stereocenters. The van der Waals surface area contributed by atoms with Gasteiger partial charge in [0, 0.05) is 23.3 Å². The summed E-state index contributed by atoms with van der Waals surface area (Å²) in [5.41, 5.74) is 2.14. The topological polar surface area (TPSA) is 85.8 Å². The van der Waals surface area contributed by atoms with Crippen molar-refractivity contribution in [1.82, 2.24) is 25.2 Å². The highest BCUT2D eigenvalue weighted by Crippen LogP contribution is 2.21. The van der Waals surface area contributed by atoms with Crippen LogP contribution in [0.2, 0.25) is 0 Å². The first-order chi connectivity index (χ1) is 11.6. The SMILES string of the molecule is CCc1nn(C)cc1C(=O)NCc1noc(-c2cccc(Br)c2)n1. The summed E-state index contributed by atoms with van der Waals surface area (Å²) in [5, 5.41) is 11.0. The molecule has 0 radical (unpaired) electrons. The molecule has 3 aromatic rings. The summed E-state index contributed by atoms with van der Waals surface area (Å²) in [7, 11) is 1.79. The van der Waals surface area contributed by atoms with Crippen molar-refractivity contribution in [1.29, 1.82) is 0 Å². The second-order valence-electron chi connectivity index (χ2n) is 5.23. The Morgan fingerprint density at radius 2 is 2.25 bits per heavy atom. The lowest BCUT2D eigenvalue weighted by Crippen LogP contribution is -2.24. The van der Waals surface area contributed by atoms with Crippen molar-refractivity contribution in [3.05, 3.63) is 52.0 Å². The normalized spacial score (nSPS) is 10.8. The average Bonchev–Trinajstić information content (AvgIpc) is 3.19. The number of hydrogen-bond acceptors (Lipinski definition) is 5. The van der Waals surface area contributed by atoms with E-state index in [0.29, 0.717) is 23.7 Å². The third-order valence-electron chi connectivity index (χ3n) is 3.43. The Balaban J connectivity index is 1.68. The van der Waals surface area contributed by atoms with Crippen LogP contribution in [0.1, 0.15) is 28.8 Å². The molecule has 0 aliphatic carbocycles. The maximum Gasteiger partial charge on any atom is 0.258 e. The molecule has 2 aromatic heterocycles. The van der Waals surface area contributed by atoms with Crippen molar-refractivity contribution < 1.29 is 9.32 Å².